The van der Waals surface area contributed by atoms with E-state index in [9.17, 15) is 9.90 Å². The standard InChI is InChI=1S/C17H26BrN3O3/c1-16(2,3)24-15(22)21-8-11-6-5-7-12(9-21)17(11,23)14-19-13(18)10-20(14)4/h10-12,23H,5-9H2,1-4H3. The summed E-state index contributed by atoms with van der Waals surface area (Å²) in [5.74, 6) is 0.643. The Morgan fingerprint density at radius 3 is 2.42 bits per heavy atom. The summed E-state index contributed by atoms with van der Waals surface area (Å²) in [6, 6.07) is 0. The molecule has 1 aromatic heterocycles. The average molecular weight is 400 g/mol. The minimum Gasteiger partial charge on any atom is -0.444 e. The van der Waals surface area contributed by atoms with Gasteiger partial charge in [-0.05, 0) is 49.5 Å². The van der Waals surface area contributed by atoms with Crippen LogP contribution >= 0.6 is 15.9 Å². The number of ether oxygens (including phenoxy) is 1. The molecule has 2 atom stereocenters. The number of rotatable bonds is 1. The number of halogens is 1. The van der Waals surface area contributed by atoms with E-state index in [1.807, 2.05) is 38.6 Å². The van der Waals surface area contributed by atoms with Crippen LogP contribution in [0.15, 0.2) is 10.8 Å². The van der Waals surface area contributed by atoms with Crippen LogP contribution < -0.4 is 0 Å². The number of piperidine rings is 1. The van der Waals surface area contributed by atoms with Gasteiger partial charge in [0.25, 0.3) is 0 Å². The third kappa shape index (κ3) is 3.08. The van der Waals surface area contributed by atoms with Crippen LogP contribution in [0.2, 0.25) is 0 Å². The van der Waals surface area contributed by atoms with Crippen LogP contribution in [0.25, 0.3) is 0 Å². The Hall–Kier alpha value is -1.08. The number of carbonyl (C=O) groups is 1. The second-order valence-electron chi connectivity index (χ2n) is 8.03. The molecule has 2 heterocycles. The van der Waals surface area contributed by atoms with Crippen molar-refractivity contribution in [3.05, 3.63) is 16.6 Å². The maximum atomic E-state index is 12.5. The number of carbonyl (C=O) groups excluding carboxylic acids is 1. The van der Waals surface area contributed by atoms with Crippen molar-refractivity contribution >= 4 is 22.0 Å². The highest BCUT2D eigenvalue weighted by Crippen LogP contribution is 2.49. The van der Waals surface area contributed by atoms with Crippen molar-refractivity contribution in [3.63, 3.8) is 0 Å². The molecule has 0 radical (unpaired) electrons. The molecule has 6 nitrogen and oxygen atoms in total. The zero-order valence-corrected chi connectivity index (χ0v) is 16.3. The minimum absolute atomic E-state index is 0.0227. The summed E-state index contributed by atoms with van der Waals surface area (Å²) in [5.41, 5.74) is -1.50. The molecule has 7 heteroatoms. The second kappa shape index (κ2) is 6.02. The van der Waals surface area contributed by atoms with Gasteiger partial charge in [-0.1, -0.05) is 6.42 Å². The van der Waals surface area contributed by atoms with Gasteiger partial charge in [-0.15, -0.1) is 0 Å². The van der Waals surface area contributed by atoms with Crippen molar-refractivity contribution in [1.29, 1.82) is 0 Å². The molecule has 1 aromatic rings. The number of fused-ring (bicyclic) bond motifs is 2. The smallest absolute Gasteiger partial charge is 0.410 e. The van der Waals surface area contributed by atoms with Gasteiger partial charge in [-0.3, -0.25) is 0 Å². The van der Waals surface area contributed by atoms with E-state index in [-0.39, 0.29) is 17.9 Å². The molecular weight excluding hydrogens is 374 g/mol. The van der Waals surface area contributed by atoms with Crippen LogP contribution in [0.3, 0.4) is 0 Å². The van der Waals surface area contributed by atoms with E-state index >= 15 is 0 Å². The van der Waals surface area contributed by atoms with E-state index in [2.05, 4.69) is 20.9 Å². The average Bonchev–Trinajstić information content (AvgIpc) is 2.75. The second-order valence-corrected chi connectivity index (χ2v) is 8.85. The van der Waals surface area contributed by atoms with Crippen LogP contribution in [0.1, 0.15) is 45.9 Å². The number of imidazole rings is 1. The first kappa shape index (κ1) is 17.7. The molecule has 1 amide bonds. The van der Waals surface area contributed by atoms with Crippen LogP contribution in [-0.4, -0.2) is 44.3 Å². The molecular formula is C17H26BrN3O3. The maximum Gasteiger partial charge on any atom is 0.410 e. The number of hydrogen-bond acceptors (Lipinski definition) is 4. The minimum atomic E-state index is -0.989. The summed E-state index contributed by atoms with van der Waals surface area (Å²) < 4.78 is 8.13. The largest absolute Gasteiger partial charge is 0.444 e. The van der Waals surface area contributed by atoms with Crippen LogP contribution in [-0.2, 0) is 17.4 Å². The Morgan fingerprint density at radius 1 is 1.38 bits per heavy atom. The van der Waals surface area contributed by atoms with Gasteiger partial charge in [-0.2, -0.15) is 0 Å². The first-order chi connectivity index (χ1) is 11.1. The number of aryl methyl sites for hydroxylation is 1. The van der Waals surface area contributed by atoms with Gasteiger partial charge in [-0.25, -0.2) is 9.78 Å². The Balaban J connectivity index is 1.86. The van der Waals surface area contributed by atoms with Crippen molar-refractivity contribution in [2.75, 3.05) is 13.1 Å². The van der Waals surface area contributed by atoms with Gasteiger partial charge in [0.05, 0.1) is 0 Å². The molecule has 0 spiro atoms. The van der Waals surface area contributed by atoms with E-state index in [0.29, 0.717) is 18.9 Å². The Bertz CT molecular complexity index is 624. The molecule has 134 valence electrons. The summed E-state index contributed by atoms with van der Waals surface area (Å²) in [5, 5.41) is 11.6. The first-order valence-electron chi connectivity index (χ1n) is 8.51. The molecule has 2 unspecified atom stereocenters. The molecule has 2 bridgehead atoms. The van der Waals surface area contributed by atoms with Gasteiger partial charge in [0, 0.05) is 38.2 Å². The molecule has 1 aliphatic heterocycles. The van der Waals surface area contributed by atoms with Gasteiger partial charge in [0.2, 0.25) is 0 Å². The number of amides is 1. The van der Waals surface area contributed by atoms with Gasteiger partial charge in [0.15, 0.2) is 0 Å². The molecule has 0 aromatic carbocycles. The van der Waals surface area contributed by atoms with E-state index < -0.39 is 11.2 Å². The summed E-state index contributed by atoms with van der Waals surface area (Å²) in [6.45, 7) is 6.63. The van der Waals surface area contributed by atoms with E-state index in [1.165, 1.54) is 0 Å². The van der Waals surface area contributed by atoms with Crippen LogP contribution in [0.4, 0.5) is 4.79 Å². The molecule has 2 aliphatic rings. The zero-order chi connectivity index (χ0) is 17.7. The highest BCUT2D eigenvalue weighted by molar-refractivity contribution is 9.10. The van der Waals surface area contributed by atoms with Crippen molar-refractivity contribution in [2.45, 2.75) is 51.2 Å². The third-order valence-electron chi connectivity index (χ3n) is 5.09. The number of aliphatic hydroxyl groups is 1. The fraction of sp³-hybridized carbons (Fsp3) is 0.765. The fourth-order valence-corrected chi connectivity index (χ4v) is 4.57. The predicted molar refractivity (Wildman–Crippen MR) is 93.4 cm³/mol. The Labute approximate surface area is 151 Å². The van der Waals surface area contributed by atoms with E-state index in [0.717, 1.165) is 23.9 Å². The van der Waals surface area contributed by atoms with Gasteiger partial charge < -0.3 is 19.3 Å². The molecule has 1 N–H and O–H groups in total. The van der Waals surface area contributed by atoms with Crippen LogP contribution in [0, 0.1) is 11.8 Å². The van der Waals surface area contributed by atoms with Crippen molar-refractivity contribution in [2.24, 2.45) is 18.9 Å². The van der Waals surface area contributed by atoms with E-state index in [4.69, 9.17) is 4.74 Å². The molecule has 2 fully saturated rings. The van der Waals surface area contributed by atoms with Gasteiger partial charge in [0.1, 0.15) is 21.6 Å². The van der Waals surface area contributed by atoms with Crippen LogP contribution in [0.5, 0.6) is 0 Å². The Morgan fingerprint density at radius 2 is 1.96 bits per heavy atom. The van der Waals surface area contributed by atoms with Crippen molar-refractivity contribution < 1.29 is 14.6 Å². The zero-order valence-electron chi connectivity index (χ0n) is 14.8. The van der Waals surface area contributed by atoms with Crippen molar-refractivity contribution in [1.82, 2.24) is 14.5 Å². The Kier molecular flexibility index (Phi) is 4.45. The highest BCUT2D eigenvalue weighted by Gasteiger charge is 2.55. The van der Waals surface area contributed by atoms with E-state index in [1.54, 1.807) is 4.90 Å². The number of aromatic nitrogens is 2. The highest BCUT2D eigenvalue weighted by atomic mass is 79.9. The number of hydrogen-bond donors (Lipinski definition) is 1. The molecule has 1 saturated carbocycles. The predicted octanol–water partition coefficient (Wildman–Crippen LogP) is 3.04. The molecule has 3 rings (SSSR count). The fourth-order valence-electron chi connectivity index (χ4n) is 4.09. The number of likely N-dealkylation sites (tertiary alicyclic amines) is 1. The lowest BCUT2D eigenvalue weighted by Gasteiger charge is -2.52. The third-order valence-corrected chi connectivity index (χ3v) is 5.47. The molecule has 1 aliphatic carbocycles. The molecule has 24 heavy (non-hydrogen) atoms. The summed E-state index contributed by atoms with van der Waals surface area (Å²) in [4.78, 5) is 18.7. The maximum absolute atomic E-state index is 12.5. The monoisotopic (exact) mass is 399 g/mol. The first-order valence-corrected chi connectivity index (χ1v) is 9.30. The topological polar surface area (TPSA) is 67.6 Å². The molecule has 1 saturated heterocycles. The lowest BCUT2D eigenvalue weighted by atomic mass is 9.65. The lowest BCUT2D eigenvalue weighted by molar-refractivity contribution is -0.150. The number of nitrogens with zero attached hydrogens (tertiary/aromatic N) is 3. The van der Waals surface area contributed by atoms with Gasteiger partial charge >= 0.3 is 6.09 Å². The normalized spacial score (nSPS) is 30.3. The summed E-state index contributed by atoms with van der Waals surface area (Å²) in [7, 11) is 1.90. The lowest BCUT2D eigenvalue weighted by Crippen LogP contribution is -2.60. The summed E-state index contributed by atoms with van der Waals surface area (Å²) in [6.07, 6.45) is 4.42. The summed E-state index contributed by atoms with van der Waals surface area (Å²) >= 11 is 3.39. The quantitative estimate of drug-likeness (QED) is 0.787. The van der Waals surface area contributed by atoms with Crippen molar-refractivity contribution in [3.8, 4) is 0 Å². The SMILES string of the molecule is Cn1cc(Br)nc1C1(O)C2CCCC1CN(C(=O)OC(C)(C)C)C2.